The summed E-state index contributed by atoms with van der Waals surface area (Å²) >= 11 is 0. The molecule has 0 radical (unpaired) electrons. The predicted octanol–water partition coefficient (Wildman–Crippen LogP) is 2.87. The molecule has 0 amide bonds. The van der Waals surface area contributed by atoms with Crippen molar-refractivity contribution in [1.82, 2.24) is 5.32 Å². The van der Waals surface area contributed by atoms with Crippen LogP contribution in [0.4, 0.5) is 0 Å². The summed E-state index contributed by atoms with van der Waals surface area (Å²) in [6, 6.07) is 5.62. The molecule has 1 aromatic carbocycles. The second-order valence-electron chi connectivity index (χ2n) is 5.63. The molecule has 120 valence electrons. The largest absolute Gasteiger partial charge is 0.496 e. The van der Waals surface area contributed by atoms with Crippen molar-refractivity contribution in [1.29, 1.82) is 0 Å². The number of hydrogen-bond donors (Lipinski definition) is 1. The van der Waals surface area contributed by atoms with Gasteiger partial charge >= 0.3 is 0 Å². The van der Waals surface area contributed by atoms with Gasteiger partial charge in [-0.25, -0.2) is 8.42 Å². The molecule has 0 bridgehead atoms. The first-order chi connectivity index (χ1) is 9.81. The molecule has 0 aliphatic carbocycles. The smallest absolute Gasteiger partial charge is 0.154 e. The lowest BCUT2D eigenvalue weighted by atomic mass is 10.0. The van der Waals surface area contributed by atoms with E-state index in [1.165, 1.54) is 0 Å². The van der Waals surface area contributed by atoms with Crippen molar-refractivity contribution in [3.05, 3.63) is 29.3 Å². The average Bonchev–Trinajstić information content (AvgIpc) is 2.43. The molecule has 1 rings (SSSR count). The van der Waals surface area contributed by atoms with Crippen LogP contribution >= 0.6 is 0 Å². The van der Waals surface area contributed by atoms with E-state index < -0.39 is 9.84 Å². The van der Waals surface area contributed by atoms with Crippen LogP contribution in [0, 0.1) is 6.92 Å². The zero-order valence-electron chi connectivity index (χ0n) is 13.6. The van der Waals surface area contributed by atoms with Gasteiger partial charge in [-0.15, -0.1) is 0 Å². The number of nitrogens with one attached hydrogen (secondary N) is 1. The van der Waals surface area contributed by atoms with Crippen LogP contribution in [0.2, 0.25) is 0 Å². The minimum atomic E-state index is -3.13. The Bertz CT molecular complexity index is 553. The highest BCUT2D eigenvalue weighted by Crippen LogP contribution is 2.28. The number of methoxy groups -OCH3 is 1. The van der Waals surface area contributed by atoms with Crippen LogP contribution in [0.25, 0.3) is 0 Å². The quantitative estimate of drug-likeness (QED) is 0.802. The molecule has 0 aliphatic rings. The van der Waals surface area contributed by atoms with E-state index >= 15 is 0 Å². The lowest BCUT2D eigenvalue weighted by Gasteiger charge is -2.22. The molecule has 0 saturated heterocycles. The Morgan fingerprint density at radius 3 is 2.48 bits per heavy atom. The summed E-state index contributed by atoms with van der Waals surface area (Å²) < 4.78 is 30.0. The molecule has 0 aromatic heterocycles. The fraction of sp³-hybridized carbons (Fsp3) is 0.625. The van der Waals surface area contributed by atoms with Gasteiger partial charge in [-0.05, 0) is 39.8 Å². The molecule has 0 fully saturated rings. The summed E-state index contributed by atoms with van der Waals surface area (Å²) in [5.74, 6) is 0.818. The topological polar surface area (TPSA) is 55.4 Å². The van der Waals surface area contributed by atoms with E-state index in [2.05, 4.69) is 12.2 Å². The molecule has 21 heavy (non-hydrogen) atoms. The zero-order chi connectivity index (χ0) is 16.0. The van der Waals surface area contributed by atoms with Crippen LogP contribution in [0.5, 0.6) is 5.75 Å². The highest BCUT2D eigenvalue weighted by Gasteiger charge is 2.25. The van der Waals surface area contributed by atoms with E-state index in [1.807, 2.05) is 25.1 Å². The minimum absolute atomic E-state index is 0.0878. The molecular formula is C16H27NO3S. The number of rotatable bonds is 8. The van der Waals surface area contributed by atoms with Crippen molar-refractivity contribution < 1.29 is 13.2 Å². The van der Waals surface area contributed by atoms with Crippen LogP contribution in [0.15, 0.2) is 18.2 Å². The highest BCUT2D eigenvalue weighted by molar-refractivity contribution is 7.92. The van der Waals surface area contributed by atoms with Crippen LogP contribution in [-0.2, 0) is 9.84 Å². The normalized spacial score (nSPS) is 13.4. The molecule has 1 aromatic rings. The average molecular weight is 313 g/mol. The summed E-state index contributed by atoms with van der Waals surface area (Å²) in [6.45, 7) is 8.28. The predicted molar refractivity (Wildman–Crippen MR) is 87.7 cm³/mol. The summed E-state index contributed by atoms with van der Waals surface area (Å²) in [7, 11) is -1.52. The van der Waals surface area contributed by atoms with Crippen LogP contribution in [-0.4, -0.2) is 33.1 Å². The summed E-state index contributed by atoms with van der Waals surface area (Å²) in [5.41, 5.74) is 2.01. The van der Waals surface area contributed by atoms with Gasteiger partial charge < -0.3 is 10.1 Å². The van der Waals surface area contributed by atoms with Crippen molar-refractivity contribution in [3.8, 4) is 5.75 Å². The van der Waals surface area contributed by atoms with Gasteiger partial charge in [0, 0.05) is 11.6 Å². The standard InChI is InChI=1S/C16H27NO3S/c1-6-9-17-15(11-21(18,19)12(2)3)14-10-13(4)7-8-16(14)20-5/h7-8,10,12,15,17H,6,9,11H2,1-5H3. The molecule has 1 atom stereocenters. The third-order valence-electron chi connectivity index (χ3n) is 3.52. The van der Waals surface area contributed by atoms with E-state index in [9.17, 15) is 8.42 Å². The first-order valence-electron chi connectivity index (χ1n) is 7.41. The van der Waals surface area contributed by atoms with E-state index in [4.69, 9.17) is 4.74 Å². The Labute approximate surface area is 128 Å². The van der Waals surface area contributed by atoms with Crippen LogP contribution < -0.4 is 10.1 Å². The van der Waals surface area contributed by atoms with Crippen molar-refractivity contribution in [3.63, 3.8) is 0 Å². The Balaban J connectivity index is 3.16. The zero-order valence-corrected chi connectivity index (χ0v) is 14.5. The highest BCUT2D eigenvalue weighted by atomic mass is 32.2. The van der Waals surface area contributed by atoms with Gasteiger partial charge in [-0.2, -0.15) is 0 Å². The first-order valence-corrected chi connectivity index (χ1v) is 9.12. The van der Waals surface area contributed by atoms with E-state index in [1.54, 1.807) is 21.0 Å². The van der Waals surface area contributed by atoms with E-state index in [-0.39, 0.29) is 17.0 Å². The lowest BCUT2D eigenvalue weighted by molar-refractivity contribution is 0.401. The molecule has 0 saturated carbocycles. The van der Waals surface area contributed by atoms with Crippen molar-refractivity contribution in [2.45, 2.75) is 45.4 Å². The maximum absolute atomic E-state index is 12.3. The van der Waals surface area contributed by atoms with Gasteiger partial charge in [0.1, 0.15) is 5.75 Å². The molecule has 0 aliphatic heterocycles. The molecule has 0 spiro atoms. The monoisotopic (exact) mass is 313 g/mol. The summed E-state index contributed by atoms with van der Waals surface area (Å²) in [6.07, 6.45) is 0.951. The summed E-state index contributed by atoms with van der Waals surface area (Å²) in [5, 5.41) is 2.96. The minimum Gasteiger partial charge on any atom is -0.496 e. The fourth-order valence-corrected chi connectivity index (χ4v) is 3.28. The van der Waals surface area contributed by atoms with Gasteiger partial charge in [-0.3, -0.25) is 0 Å². The second-order valence-corrected chi connectivity index (χ2v) is 8.23. The second kappa shape index (κ2) is 7.80. The van der Waals surface area contributed by atoms with Gasteiger partial charge in [0.15, 0.2) is 9.84 Å². The number of benzene rings is 1. The number of sulfone groups is 1. The van der Waals surface area contributed by atoms with Crippen LogP contribution in [0.1, 0.15) is 44.4 Å². The molecule has 1 N–H and O–H groups in total. The van der Waals surface area contributed by atoms with Crippen molar-refractivity contribution >= 4 is 9.84 Å². The Morgan fingerprint density at radius 1 is 1.29 bits per heavy atom. The third-order valence-corrected chi connectivity index (χ3v) is 5.75. The molecule has 4 nitrogen and oxygen atoms in total. The van der Waals surface area contributed by atoms with Gasteiger partial charge in [-0.1, -0.05) is 24.6 Å². The number of ether oxygens (including phenoxy) is 1. The Kier molecular flexibility index (Phi) is 6.68. The third kappa shape index (κ3) is 5.00. The van der Waals surface area contributed by atoms with E-state index in [0.29, 0.717) is 0 Å². The molecule has 1 unspecified atom stereocenters. The molecular weight excluding hydrogens is 286 g/mol. The van der Waals surface area contributed by atoms with Crippen LogP contribution in [0.3, 0.4) is 0 Å². The summed E-state index contributed by atoms with van der Waals surface area (Å²) in [4.78, 5) is 0. The van der Waals surface area contributed by atoms with Crippen molar-refractivity contribution in [2.75, 3.05) is 19.4 Å². The van der Waals surface area contributed by atoms with Gasteiger partial charge in [0.2, 0.25) is 0 Å². The SMILES string of the molecule is CCCNC(CS(=O)(=O)C(C)C)c1cc(C)ccc1OC. The number of hydrogen-bond acceptors (Lipinski definition) is 4. The van der Waals surface area contributed by atoms with Gasteiger partial charge in [0.25, 0.3) is 0 Å². The fourth-order valence-electron chi connectivity index (χ4n) is 2.13. The lowest BCUT2D eigenvalue weighted by Crippen LogP contribution is -2.32. The van der Waals surface area contributed by atoms with E-state index in [0.717, 1.165) is 29.8 Å². The molecule has 5 heteroatoms. The Morgan fingerprint density at radius 2 is 1.95 bits per heavy atom. The first kappa shape index (κ1) is 18.0. The van der Waals surface area contributed by atoms with Crippen molar-refractivity contribution in [2.24, 2.45) is 0 Å². The van der Waals surface area contributed by atoms with Gasteiger partial charge in [0.05, 0.1) is 18.1 Å². The maximum atomic E-state index is 12.3. The Hall–Kier alpha value is -1.07. The maximum Gasteiger partial charge on any atom is 0.154 e. The molecule has 0 heterocycles. The number of aryl methyl sites for hydroxylation is 1.